The molecule has 2 aromatic rings. The fourth-order valence-corrected chi connectivity index (χ4v) is 2.44. The van der Waals surface area contributed by atoms with Gasteiger partial charge in [0.2, 0.25) is 0 Å². The van der Waals surface area contributed by atoms with E-state index in [1.165, 1.54) is 5.56 Å². The molecule has 0 atom stereocenters. The molecule has 1 aromatic heterocycles. The van der Waals surface area contributed by atoms with Crippen LogP contribution in [0.2, 0.25) is 0 Å². The number of hydrogen-bond acceptors (Lipinski definition) is 2. The monoisotopic (exact) mass is 228 g/mol. The largest absolute Gasteiger partial charge is 0.489 e. The third-order valence-electron chi connectivity index (χ3n) is 3.32. The highest BCUT2D eigenvalue weighted by molar-refractivity contribution is 5.69. The molecule has 1 aromatic carbocycles. The maximum Gasteiger partial charge on any atom is 0.164 e. The minimum absolute atomic E-state index is 0.0261. The lowest BCUT2D eigenvalue weighted by Gasteiger charge is -2.16. The molecule has 0 unspecified atom stereocenters. The van der Waals surface area contributed by atoms with Gasteiger partial charge in [0.25, 0.3) is 0 Å². The second-order valence-electron chi connectivity index (χ2n) is 5.23. The van der Waals surface area contributed by atoms with Crippen LogP contribution in [0.15, 0.2) is 34.7 Å². The molecule has 17 heavy (non-hydrogen) atoms. The highest BCUT2D eigenvalue weighted by Crippen LogP contribution is 2.48. The first kappa shape index (κ1) is 10.5. The van der Waals surface area contributed by atoms with Crippen LogP contribution in [0.3, 0.4) is 0 Å². The van der Waals surface area contributed by atoms with Crippen molar-refractivity contribution in [1.29, 1.82) is 0 Å². The highest BCUT2D eigenvalue weighted by atomic mass is 16.5. The molecular formula is C15H16O2. The average Bonchev–Trinajstić information content (AvgIpc) is 2.81. The molecule has 3 rings (SSSR count). The molecule has 1 aliphatic heterocycles. The average molecular weight is 228 g/mol. The van der Waals surface area contributed by atoms with Crippen molar-refractivity contribution in [3.63, 3.8) is 0 Å². The van der Waals surface area contributed by atoms with E-state index in [0.717, 1.165) is 29.4 Å². The molecule has 1 aliphatic rings. The zero-order valence-electron chi connectivity index (χ0n) is 10.4. The van der Waals surface area contributed by atoms with Crippen molar-refractivity contribution in [1.82, 2.24) is 0 Å². The Kier molecular flexibility index (Phi) is 2.09. The topological polar surface area (TPSA) is 22.4 Å². The van der Waals surface area contributed by atoms with Crippen molar-refractivity contribution in [2.45, 2.75) is 26.2 Å². The van der Waals surface area contributed by atoms with Gasteiger partial charge in [-0.2, -0.15) is 0 Å². The van der Waals surface area contributed by atoms with Gasteiger partial charge in [0.1, 0.15) is 11.5 Å². The van der Waals surface area contributed by atoms with Gasteiger partial charge in [0.15, 0.2) is 5.75 Å². The molecule has 0 amide bonds. The fraction of sp³-hybridized carbons (Fsp3) is 0.333. The van der Waals surface area contributed by atoms with E-state index in [2.05, 4.69) is 26.0 Å². The van der Waals surface area contributed by atoms with Gasteiger partial charge in [-0.1, -0.05) is 44.2 Å². The summed E-state index contributed by atoms with van der Waals surface area (Å²) in [5, 5.41) is 0. The summed E-state index contributed by atoms with van der Waals surface area (Å²) < 4.78 is 11.6. The number of furan rings is 1. The van der Waals surface area contributed by atoms with E-state index in [0.29, 0.717) is 0 Å². The van der Waals surface area contributed by atoms with E-state index >= 15 is 0 Å². The van der Waals surface area contributed by atoms with E-state index in [4.69, 9.17) is 9.15 Å². The molecule has 88 valence electrons. The molecular weight excluding hydrogens is 212 g/mol. The van der Waals surface area contributed by atoms with Crippen LogP contribution >= 0.6 is 0 Å². The number of hydrogen-bond donors (Lipinski definition) is 0. The van der Waals surface area contributed by atoms with Crippen LogP contribution in [0.1, 0.15) is 25.2 Å². The predicted octanol–water partition coefficient (Wildman–Crippen LogP) is 3.93. The summed E-state index contributed by atoms with van der Waals surface area (Å²) in [4.78, 5) is 0. The smallest absolute Gasteiger partial charge is 0.164 e. The maximum absolute atomic E-state index is 5.88. The van der Waals surface area contributed by atoms with Crippen LogP contribution < -0.4 is 4.74 Å². The molecule has 0 radical (unpaired) electrons. The lowest BCUT2D eigenvalue weighted by molar-refractivity contribution is 0.279. The van der Waals surface area contributed by atoms with Crippen molar-refractivity contribution in [2.75, 3.05) is 6.61 Å². The van der Waals surface area contributed by atoms with Gasteiger partial charge >= 0.3 is 0 Å². The molecule has 0 spiro atoms. The van der Waals surface area contributed by atoms with Crippen molar-refractivity contribution in [2.24, 2.45) is 0 Å². The number of fused-ring (bicyclic) bond motifs is 1. The Labute approximate surface area is 101 Å². The Hall–Kier alpha value is -1.70. The lowest BCUT2D eigenvalue weighted by atomic mass is 9.85. The second-order valence-corrected chi connectivity index (χ2v) is 5.23. The third kappa shape index (κ3) is 1.47. The molecule has 0 aliphatic carbocycles. The molecule has 2 nitrogen and oxygen atoms in total. The summed E-state index contributed by atoms with van der Waals surface area (Å²) in [6.45, 7) is 7.09. The van der Waals surface area contributed by atoms with Gasteiger partial charge in [0, 0.05) is 16.5 Å². The predicted molar refractivity (Wildman–Crippen MR) is 67.4 cm³/mol. The molecule has 0 N–H and O–H groups in total. The summed E-state index contributed by atoms with van der Waals surface area (Å²) in [6, 6.07) is 10.2. The lowest BCUT2D eigenvalue weighted by Crippen LogP contribution is -2.19. The number of rotatable bonds is 1. The first-order chi connectivity index (χ1) is 8.09. The zero-order valence-corrected chi connectivity index (χ0v) is 10.4. The highest BCUT2D eigenvalue weighted by Gasteiger charge is 2.39. The SMILES string of the molecule is Cc1oc(-c2ccccc2)c2c1OCC2(C)C. The minimum Gasteiger partial charge on any atom is -0.489 e. The van der Waals surface area contributed by atoms with E-state index < -0.39 is 0 Å². The summed E-state index contributed by atoms with van der Waals surface area (Å²) in [5.41, 5.74) is 2.36. The minimum atomic E-state index is 0.0261. The van der Waals surface area contributed by atoms with Crippen LogP contribution in [-0.2, 0) is 5.41 Å². The number of aryl methyl sites for hydroxylation is 1. The molecule has 2 heterocycles. The molecule has 2 heteroatoms. The van der Waals surface area contributed by atoms with Gasteiger partial charge < -0.3 is 9.15 Å². The Morgan fingerprint density at radius 1 is 1.12 bits per heavy atom. The second kappa shape index (κ2) is 3.39. The van der Waals surface area contributed by atoms with Gasteiger partial charge in [-0.15, -0.1) is 0 Å². The summed E-state index contributed by atoms with van der Waals surface area (Å²) >= 11 is 0. The third-order valence-corrected chi connectivity index (χ3v) is 3.32. The van der Waals surface area contributed by atoms with Crippen molar-refractivity contribution < 1.29 is 9.15 Å². The first-order valence-corrected chi connectivity index (χ1v) is 5.92. The van der Waals surface area contributed by atoms with Crippen LogP contribution in [0.5, 0.6) is 5.75 Å². The molecule has 0 fully saturated rings. The van der Waals surface area contributed by atoms with Crippen LogP contribution in [0, 0.1) is 6.92 Å². The van der Waals surface area contributed by atoms with E-state index in [1.807, 2.05) is 25.1 Å². The summed E-state index contributed by atoms with van der Waals surface area (Å²) in [5.74, 6) is 2.78. The number of benzene rings is 1. The van der Waals surface area contributed by atoms with Crippen LogP contribution in [0.4, 0.5) is 0 Å². The van der Waals surface area contributed by atoms with Crippen molar-refractivity contribution in [3.05, 3.63) is 41.7 Å². The fourth-order valence-electron chi connectivity index (χ4n) is 2.44. The number of ether oxygens (including phenoxy) is 1. The van der Waals surface area contributed by atoms with Crippen LogP contribution in [-0.4, -0.2) is 6.61 Å². The normalized spacial score (nSPS) is 16.6. The Balaban J connectivity index is 2.24. The Morgan fingerprint density at radius 3 is 2.53 bits per heavy atom. The van der Waals surface area contributed by atoms with Crippen molar-refractivity contribution in [3.8, 4) is 17.1 Å². The van der Waals surface area contributed by atoms with Gasteiger partial charge in [0.05, 0.1) is 6.61 Å². The maximum atomic E-state index is 5.88. The van der Waals surface area contributed by atoms with Crippen molar-refractivity contribution >= 4 is 0 Å². The van der Waals surface area contributed by atoms with Gasteiger partial charge in [-0.05, 0) is 6.92 Å². The quantitative estimate of drug-likeness (QED) is 0.738. The van der Waals surface area contributed by atoms with E-state index in [-0.39, 0.29) is 5.41 Å². The molecule has 0 saturated heterocycles. The zero-order chi connectivity index (χ0) is 12.0. The van der Waals surface area contributed by atoms with Gasteiger partial charge in [-0.25, -0.2) is 0 Å². The standard InChI is InChI=1S/C15H16O2/c1-10-13-12(15(2,3)9-16-13)14(17-10)11-7-5-4-6-8-11/h4-8H,9H2,1-3H3. The van der Waals surface area contributed by atoms with Crippen LogP contribution in [0.25, 0.3) is 11.3 Å². The van der Waals surface area contributed by atoms with Gasteiger partial charge in [-0.3, -0.25) is 0 Å². The van der Waals surface area contributed by atoms with E-state index in [9.17, 15) is 0 Å². The summed E-state index contributed by atoms with van der Waals surface area (Å²) in [7, 11) is 0. The Bertz CT molecular complexity index is 550. The summed E-state index contributed by atoms with van der Waals surface area (Å²) in [6.07, 6.45) is 0. The first-order valence-electron chi connectivity index (χ1n) is 5.92. The Morgan fingerprint density at radius 2 is 1.82 bits per heavy atom. The molecule has 0 bridgehead atoms. The van der Waals surface area contributed by atoms with E-state index in [1.54, 1.807) is 0 Å². The molecule has 0 saturated carbocycles.